The number of hydrogen-bond donors (Lipinski definition) is 2. The maximum Gasteiger partial charge on any atom is 0.146 e. The predicted molar refractivity (Wildman–Crippen MR) is 80.3 cm³/mol. The van der Waals surface area contributed by atoms with Crippen molar-refractivity contribution >= 4 is 38.9 Å². The van der Waals surface area contributed by atoms with Crippen molar-refractivity contribution < 1.29 is 0 Å². The quantitative estimate of drug-likeness (QED) is 0.880. The molecule has 0 aromatic carbocycles. The molecule has 18 heavy (non-hydrogen) atoms. The van der Waals surface area contributed by atoms with Crippen molar-refractivity contribution in [2.45, 2.75) is 20.4 Å². The Morgan fingerprint density at radius 1 is 1.22 bits per heavy atom. The van der Waals surface area contributed by atoms with Crippen LogP contribution < -0.4 is 10.6 Å². The Balaban J connectivity index is 2.07. The lowest BCUT2D eigenvalue weighted by atomic mass is 10.4. The van der Waals surface area contributed by atoms with Gasteiger partial charge >= 0.3 is 0 Å². The molecule has 0 bridgehead atoms. The zero-order valence-electron chi connectivity index (χ0n) is 10.3. The number of nitrogens with zero attached hydrogens (tertiary/aromatic N) is 2. The zero-order valence-corrected chi connectivity index (χ0v) is 12.7. The summed E-state index contributed by atoms with van der Waals surface area (Å²) in [5.74, 6) is 1.63. The lowest BCUT2D eigenvalue weighted by Gasteiger charge is -2.10. The van der Waals surface area contributed by atoms with Crippen LogP contribution in [0.15, 0.2) is 22.9 Å². The summed E-state index contributed by atoms with van der Waals surface area (Å²) >= 11 is 5.30. The van der Waals surface area contributed by atoms with Crippen LogP contribution in [0.25, 0.3) is 0 Å². The molecular formula is C12H15BrN4S. The molecule has 2 aromatic rings. The third-order valence-electron chi connectivity index (χ3n) is 2.36. The van der Waals surface area contributed by atoms with E-state index in [0.29, 0.717) is 0 Å². The van der Waals surface area contributed by atoms with Gasteiger partial charge in [0.05, 0.1) is 6.54 Å². The standard InChI is InChI=1S/C12H15BrN4S/c1-3-14-11-10(13)12(17-7-16-11)15-6-9-5-4-8(2)18-9/h4-5,7H,3,6H2,1-2H3,(H2,14,15,16,17). The summed E-state index contributed by atoms with van der Waals surface area (Å²) in [6.45, 7) is 5.76. The van der Waals surface area contributed by atoms with Gasteiger partial charge in [0.15, 0.2) is 0 Å². The van der Waals surface area contributed by atoms with Gasteiger partial charge in [0, 0.05) is 16.3 Å². The van der Waals surface area contributed by atoms with Gasteiger partial charge in [-0.1, -0.05) is 0 Å². The highest BCUT2D eigenvalue weighted by atomic mass is 79.9. The molecule has 0 amide bonds. The third kappa shape index (κ3) is 3.20. The van der Waals surface area contributed by atoms with Crippen LogP contribution in [0.3, 0.4) is 0 Å². The van der Waals surface area contributed by atoms with Crippen LogP contribution >= 0.6 is 27.3 Å². The molecule has 0 atom stereocenters. The van der Waals surface area contributed by atoms with E-state index in [2.05, 4.69) is 55.6 Å². The molecule has 2 rings (SSSR count). The van der Waals surface area contributed by atoms with E-state index >= 15 is 0 Å². The van der Waals surface area contributed by atoms with Crippen LogP contribution in [-0.2, 0) is 6.54 Å². The molecule has 0 radical (unpaired) electrons. The van der Waals surface area contributed by atoms with Crippen LogP contribution in [0.1, 0.15) is 16.7 Å². The van der Waals surface area contributed by atoms with Gasteiger partial charge in [0.1, 0.15) is 22.4 Å². The van der Waals surface area contributed by atoms with Crippen LogP contribution in [0.5, 0.6) is 0 Å². The first-order valence-electron chi connectivity index (χ1n) is 5.74. The zero-order chi connectivity index (χ0) is 13.0. The summed E-state index contributed by atoms with van der Waals surface area (Å²) in [6.07, 6.45) is 1.56. The Morgan fingerprint density at radius 2 is 1.94 bits per heavy atom. The van der Waals surface area contributed by atoms with Gasteiger partial charge in [-0.25, -0.2) is 9.97 Å². The molecule has 2 heterocycles. The molecule has 96 valence electrons. The largest absolute Gasteiger partial charge is 0.369 e. The summed E-state index contributed by atoms with van der Waals surface area (Å²) in [5.41, 5.74) is 0. The normalized spacial score (nSPS) is 10.4. The molecule has 2 N–H and O–H groups in total. The minimum absolute atomic E-state index is 0.777. The number of aromatic nitrogens is 2. The minimum Gasteiger partial charge on any atom is -0.369 e. The highest BCUT2D eigenvalue weighted by Crippen LogP contribution is 2.27. The van der Waals surface area contributed by atoms with Gasteiger partial charge in [-0.05, 0) is 41.9 Å². The van der Waals surface area contributed by atoms with Crippen molar-refractivity contribution in [2.24, 2.45) is 0 Å². The van der Waals surface area contributed by atoms with E-state index in [0.717, 1.165) is 29.2 Å². The first-order valence-corrected chi connectivity index (χ1v) is 7.35. The average molecular weight is 327 g/mol. The van der Waals surface area contributed by atoms with Gasteiger partial charge in [-0.3, -0.25) is 0 Å². The second-order valence-electron chi connectivity index (χ2n) is 3.78. The average Bonchev–Trinajstić information content (AvgIpc) is 2.77. The molecule has 0 aliphatic carbocycles. The molecule has 0 fully saturated rings. The van der Waals surface area contributed by atoms with Crippen LogP contribution in [0.4, 0.5) is 11.6 Å². The molecule has 0 spiro atoms. The van der Waals surface area contributed by atoms with Crippen molar-refractivity contribution in [2.75, 3.05) is 17.2 Å². The number of hydrogen-bond acceptors (Lipinski definition) is 5. The Kier molecular flexibility index (Phi) is 4.54. The number of rotatable bonds is 5. The SMILES string of the molecule is CCNc1ncnc(NCc2ccc(C)s2)c1Br. The summed E-state index contributed by atoms with van der Waals surface area (Å²) in [7, 11) is 0. The van der Waals surface area contributed by atoms with Gasteiger partial charge < -0.3 is 10.6 Å². The fourth-order valence-corrected chi connectivity index (χ4v) is 2.85. The molecule has 2 aromatic heterocycles. The van der Waals surface area contributed by atoms with Crippen LogP contribution in [-0.4, -0.2) is 16.5 Å². The summed E-state index contributed by atoms with van der Waals surface area (Å²) in [6, 6.07) is 4.26. The van der Waals surface area contributed by atoms with Crippen molar-refractivity contribution in [3.8, 4) is 0 Å². The monoisotopic (exact) mass is 326 g/mol. The molecule has 4 nitrogen and oxygen atoms in total. The molecular weight excluding hydrogens is 312 g/mol. The van der Waals surface area contributed by atoms with E-state index in [1.807, 2.05) is 6.92 Å². The van der Waals surface area contributed by atoms with Crippen LogP contribution in [0, 0.1) is 6.92 Å². The van der Waals surface area contributed by atoms with E-state index in [-0.39, 0.29) is 0 Å². The number of halogens is 1. The fourth-order valence-electron chi connectivity index (χ4n) is 1.53. The number of anilines is 2. The maximum atomic E-state index is 4.24. The van der Waals surface area contributed by atoms with Gasteiger partial charge in [0.2, 0.25) is 0 Å². The van der Waals surface area contributed by atoms with Gasteiger partial charge in [-0.2, -0.15) is 0 Å². The highest BCUT2D eigenvalue weighted by molar-refractivity contribution is 9.10. The fraction of sp³-hybridized carbons (Fsp3) is 0.333. The van der Waals surface area contributed by atoms with Crippen molar-refractivity contribution in [1.29, 1.82) is 0 Å². The topological polar surface area (TPSA) is 49.8 Å². The third-order valence-corrected chi connectivity index (χ3v) is 4.11. The predicted octanol–water partition coefficient (Wildman–Crippen LogP) is 3.65. The van der Waals surface area contributed by atoms with Crippen molar-refractivity contribution in [1.82, 2.24) is 9.97 Å². The maximum absolute atomic E-state index is 4.24. The lowest BCUT2D eigenvalue weighted by Crippen LogP contribution is -2.05. The first-order chi connectivity index (χ1) is 8.70. The Morgan fingerprint density at radius 3 is 2.56 bits per heavy atom. The number of aryl methyl sites for hydroxylation is 1. The van der Waals surface area contributed by atoms with Gasteiger partial charge in [-0.15, -0.1) is 11.3 Å². The molecule has 6 heteroatoms. The number of nitrogens with one attached hydrogen (secondary N) is 2. The van der Waals surface area contributed by atoms with Crippen molar-refractivity contribution in [3.63, 3.8) is 0 Å². The Hall–Kier alpha value is -1.14. The summed E-state index contributed by atoms with van der Waals surface area (Å²) in [5, 5.41) is 6.50. The molecule has 0 aliphatic heterocycles. The van der Waals surface area contributed by atoms with E-state index in [9.17, 15) is 0 Å². The van der Waals surface area contributed by atoms with E-state index in [1.54, 1.807) is 17.7 Å². The number of thiophene rings is 1. The lowest BCUT2D eigenvalue weighted by molar-refractivity contribution is 1.07. The second-order valence-corrected chi connectivity index (χ2v) is 5.95. The molecule has 0 saturated carbocycles. The van der Waals surface area contributed by atoms with Gasteiger partial charge in [0.25, 0.3) is 0 Å². The first kappa shape index (κ1) is 13.3. The molecule has 0 saturated heterocycles. The summed E-state index contributed by atoms with van der Waals surface area (Å²) < 4.78 is 0.875. The highest BCUT2D eigenvalue weighted by Gasteiger charge is 2.07. The Bertz CT molecular complexity index is 527. The van der Waals surface area contributed by atoms with E-state index < -0.39 is 0 Å². The van der Waals surface area contributed by atoms with E-state index in [4.69, 9.17) is 0 Å². The van der Waals surface area contributed by atoms with Crippen LogP contribution in [0.2, 0.25) is 0 Å². The second kappa shape index (κ2) is 6.15. The van der Waals surface area contributed by atoms with E-state index in [1.165, 1.54) is 9.75 Å². The molecule has 0 unspecified atom stereocenters. The smallest absolute Gasteiger partial charge is 0.146 e. The minimum atomic E-state index is 0.777. The molecule has 0 aliphatic rings. The summed E-state index contributed by atoms with van der Waals surface area (Å²) in [4.78, 5) is 11.0. The van der Waals surface area contributed by atoms with Crippen molar-refractivity contribution in [3.05, 3.63) is 32.7 Å². The Labute approximate surface area is 119 Å².